The highest BCUT2D eigenvalue weighted by atomic mass is 32.2. The van der Waals surface area contributed by atoms with Crippen LogP contribution in [0.5, 0.6) is 0 Å². The summed E-state index contributed by atoms with van der Waals surface area (Å²) in [6, 6.07) is 7.11. The number of morpholine rings is 1. The Morgan fingerprint density at radius 1 is 0.967 bits per heavy atom. The third-order valence-electron chi connectivity index (χ3n) is 5.43. The summed E-state index contributed by atoms with van der Waals surface area (Å²) in [7, 11) is -3.63. The second-order valence-electron chi connectivity index (χ2n) is 7.15. The highest BCUT2D eigenvalue weighted by molar-refractivity contribution is 7.89. The van der Waals surface area contributed by atoms with Crippen molar-refractivity contribution >= 4 is 44.3 Å². The first kappa shape index (κ1) is 19.5. The number of anilines is 2. The van der Waals surface area contributed by atoms with E-state index in [4.69, 9.17) is 4.74 Å². The first-order valence-corrected chi connectivity index (χ1v) is 11.9. The molecule has 1 aromatic carbocycles. The zero-order valence-corrected chi connectivity index (χ0v) is 17.8. The van der Waals surface area contributed by atoms with Crippen molar-refractivity contribution in [2.24, 2.45) is 0 Å². The number of piperazine rings is 1. The van der Waals surface area contributed by atoms with Crippen LogP contribution in [-0.2, 0) is 14.8 Å². The lowest BCUT2D eigenvalue weighted by Gasteiger charge is -2.35. The molecule has 0 amide bonds. The van der Waals surface area contributed by atoms with E-state index >= 15 is 0 Å². The van der Waals surface area contributed by atoms with Crippen molar-refractivity contribution < 1.29 is 13.2 Å². The molecule has 2 aliphatic heterocycles. The number of hydrogen-bond acceptors (Lipinski definition) is 10. The minimum atomic E-state index is -3.63. The second-order valence-corrected chi connectivity index (χ2v) is 9.59. The predicted octanol–water partition coefficient (Wildman–Crippen LogP) is 0.829. The van der Waals surface area contributed by atoms with Gasteiger partial charge in [-0.05, 0) is 12.1 Å². The van der Waals surface area contributed by atoms with E-state index in [2.05, 4.69) is 28.7 Å². The fourth-order valence-corrected chi connectivity index (χ4v) is 5.96. The Balaban J connectivity index is 1.31. The molecule has 2 aromatic heterocycles. The van der Waals surface area contributed by atoms with Crippen molar-refractivity contribution in [3.05, 3.63) is 30.5 Å². The van der Waals surface area contributed by atoms with Gasteiger partial charge in [-0.2, -0.15) is 18.2 Å². The zero-order chi connectivity index (χ0) is 20.6. The van der Waals surface area contributed by atoms with E-state index < -0.39 is 10.0 Å². The quantitative estimate of drug-likeness (QED) is 0.575. The van der Waals surface area contributed by atoms with Gasteiger partial charge in [0.2, 0.25) is 10.0 Å². The molecule has 158 valence electrons. The van der Waals surface area contributed by atoms with Crippen molar-refractivity contribution in [1.82, 2.24) is 23.2 Å². The molecule has 0 N–H and O–H groups in total. The average Bonchev–Trinajstić information content (AvgIpc) is 3.29. The molecule has 4 heterocycles. The Kier molecular flexibility index (Phi) is 5.23. The molecule has 12 heteroatoms. The molecular weight excluding hydrogens is 426 g/mol. The van der Waals surface area contributed by atoms with Crippen molar-refractivity contribution in [2.45, 2.75) is 4.90 Å². The van der Waals surface area contributed by atoms with Crippen LogP contribution < -0.4 is 9.80 Å². The smallest absolute Gasteiger partial charge is 0.245 e. The number of fused-ring (bicyclic) bond motifs is 1. The molecule has 5 rings (SSSR count). The summed E-state index contributed by atoms with van der Waals surface area (Å²) in [5.74, 6) is 0.827. The van der Waals surface area contributed by atoms with Crippen LogP contribution >= 0.6 is 11.7 Å². The van der Waals surface area contributed by atoms with Gasteiger partial charge in [0.05, 0.1) is 36.8 Å². The Morgan fingerprint density at radius 3 is 2.57 bits per heavy atom. The van der Waals surface area contributed by atoms with E-state index in [9.17, 15) is 8.42 Å². The van der Waals surface area contributed by atoms with Crippen LogP contribution in [0.3, 0.4) is 0 Å². The van der Waals surface area contributed by atoms with E-state index in [0.29, 0.717) is 50.4 Å². The van der Waals surface area contributed by atoms with E-state index in [1.54, 1.807) is 24.4 Å². The summed E-state index contributed by atoms with van der Waals surface area (Å²) in [5.41, 5.74) is 2.01. The van der Waals surface area contributed by atoms with Crippen LogP contribution in [0.4, 0.5) is 11.5 Å². The lowest BCUT2D eigenvalue weighted by Crippen LogP contribution is -2.48. The molecule has 10 nitrogen and oxygen atoms in total. The summed E-state index contributed by atoms with van der Waals surface area (Å²) >= 11 is 1.02. The van der Waals surface area contributed by atoms with E-state index in [1.165, 1.54) is 4.31 Å². The molecule has 0 saturated carbocycles. The number of ether oxygens (including phenoxy) is 1. The Labute approximate surface area is 178 Å². The monoisotopic (exact) mass is 447 g/mol. The van der Waals surface area contributed by atoms with Crippen LogP contribution in [-0.4, -0.2) is 84.1 Å². The van der Waals surface area contributed by atoms with Crippen molar-refractivity contribution in [3.63, 3.8) is 0 Å². The third kappa shape index (κ3) is 3.60. The first-order chi connectivity index (χ1) is 14.6. The van der Waals surface area contributed by atoms with Gasteiger partial charge in [0, 0.05) is 45.3 Å². The Morgan fingerprint density at radius 2 is 1.77 bits per heavy atom. The van der Waals surface area contributed by atoms with E-state index in [-0.39, 0.29) is 4.90 Å². The molecular formula is C18H21N7O3S2. The van der Waals surface area contributed by atoms with Crippen LogP contribution in [0.1, 0.15) is 0 Å². The molecule has 2 aliphatic rings. The van der Waals surface area contributed by atoms with Crippen LogP contribution in [0.25, 0.3) is 11.0 Å². The fourth-order valence-electron chi connectivity index (χ4n) is 3.78. The summed E-state index contributed by atoms with van der Waals surface area (Å²) in [6.45, 7) is 4.91. The molecule has 0 unspecified atom stereocenters. The number of rotatable bonds is 4. The standard InChI is InChI=1S/C18H21N7O3S2/c26-30(27,16-3-1-2-15-18(16)22-29-21-15)25-6-4-23(5-7-25)14-12-17(20-19-13-14)24-8-10-28-11-9-24/h1-3,12-13H,4-11H2. The SMILES string of the molecule is O=S(=O)(c1cccc2nsnc12)N1CCN(c2cnnc(N3CCOCC3)c2)CC1. The lowest BCUT2D eigenvalue weighted by atomic mass is 10.3. The van der Waals surface area contributed by atoms with E-state index in [1.807, 2.05) is 6.07 Å². The minimum Gasteiger partial charge on any atom is -0.378 e. The predicted molar refractivity (Wildman–Crippen MR) is 113 cm³/mol. The molecule has 0 radical (unpaired) electrons. The van der Waals surface area contributed by atoms with Gasteiger partial charge in [0.1, 0.15) is 15.9 Å². The van der Waals surface area contributed by atoms with Gasteiger partial charge in [-0.1, -0.05) is 6.07 Å². The molecule has 2 saturated heterocycles. The molecule has 0 spiro atoms. The zero-order valence-electron chi connectivity index (χ0n) is 16.2. The van der Waals surface area contributed by atoms with E-state index in [0.717, 1.165) is 36.3 Å². The number of nitrogens with zero attached hydrogens (tertiary/aromatic N) is 7. The molecule has 2 fully saturated rings. The maximum absolute atomic E-state index is 13.2. The van der Waals surface area contributed by atoms with Gasteiger partial charge in [-0.15, -0.1) is 5.10 Å². The highest BCUT2D eigenvalue weighted by Gasteiger charge is 2.31. The van der Waals surface area contributed by atoms with Crippen LogP contribution in [0.2, 0.25) is 0 Å². The van der Waals surface area contributed by atoms with Crippen molar-refractivity contribution in [2.75, 3.05) is 62.3 Å². The topological polar surface area (TPSA) is 105 Å². The molecule has 0 bridgehead atoms. The third-order valence-corrected chi connectivity index (χ3v) is 7.91. The maximum atomic E-state index is 13.2. The first-order valence-electron chi connectivity index (χ1n) is 9.75. The fraction of sp³-hybridized carbons (Fsp3) is 0.444. The number of sulfonamides is 1. The largest absolute Gasteiger partial charge is 0.378 e. The minimum absolute atomic E-state index is 0.224. The van der Waals surface area contributed by atoms with Gasteiger partial charge in [-0.3, -0.25) is 0 Å². The maximum Gasteiger partial charge on any atom is 0.245 e. The van der Waals surface area contributed by atoms with Gasteiger partial charge in [0.15, 0.2) is 5.82 Å². The van der Waals surface area contributed by atoms with Crippen LogP contribution in [0, 0.1) is 0 Å². The normalized spacial score (nSPS) is 18.8. The number of aromatic nitrogens is 4. The lowest BCUT2D eigenvalue weighted by molar-refractivity contribution is 0.122. The molecule has 30 heavy (non-hydrogen) atoms. The summed E-state index contributed by atoms with van der Waals surface area (Å²) < 4.78 is 41.7. The number of benzene rings is 1. The van der Waals surface area contributed by atoms with Crippen molar-refractivity contribution in [1.29, 1.82) is 0 Å². The molecule has 0 atom stereocenters. The number of hydrogen-bond donors (Lipinski definition) is 0. The summed E-state index contributed by atoms with van der Waals surface area (Å²) in [6.07, 6.45) is 1.73. The Hall–Kier alpha value is -2.41. The van der Waals surface area contributed by atoms with Gasteiger partial charge < -0.3 is 14.5 Å². The van der Waals surface area contributed by atoms with Gasteiger partial charge >= 0.3 is 0 Å². The Bertz CT molecular complexity index is 1140. The van der Waals surface area contributed by atoms with Gasteiger partial charge in [0.25, 0.3) is 0 Å². The summed E-state index contributed by atoms with van der Waals surface area (Å²) in [4.78, 5) is 4.53. The van der Waals surface area contributed by atoms with Gasteiger partial charge in [-0.25, -0.2) is 8.42 Å². The second kappa shape index (κ2) is 8.02. The molecule has 0 aliphatic carbocycles. The summed E-state index contributed by atoms with van der Waals surface area (Å²) in [5, 5.41) is 8.41. The average molecular weight is 448 g/mol. The van der Waals surface area contributed by atoms with Crippen LogP contribution in [0.15, 0.2) is 35.4 Å². The van der Waals surface area contributed by atoms with Crippen molar-refractivity contribution in [3.8, 4) is 0 Å². The highest BCUT2D eigenvalue weighted by Crippen LogP contribution is 2.27. The molecule has 3 aromatic rings.